The van der Waals surface area contributed by atoms with Crippen LogP contribution in [0.2, 0.25) is 0 Å². The first-order chi connectivity index (χ1) is 9.24. The lowest BCUT2D eigenvalue weighted by atomic mass is 10.0. The van der Waals surface area contributed by atoms with E-state index in [-0.39, 0.29) is 0 Å². The van der Waals surface area contributed by atoms with Gasteiger partial charge in [-0.2, -0.15) is 0 Å². The number of aliphatic hydroxyl groups is 1. The first-order valence-electron chi connectivity index (χ1n) is 6.19. The predicted octanol–water partition coefficient (Wildman–Crippen LogP) is 3.02. The number of hydrogen-bond acceptors (Lipinski definition) is 3. The Morgan fingerprint density at radius 3 is 2.63 bits per heavy atom. The number of aryl methyl sites for hydroxylation is 1. The van der Waals surface area contributed by atoms with Crippen LogP contribution in [-0.4, -0.2) is 15.1 Å². The highest BCUT2D eigenvalue weighted by molar-refractivity contribution is 5.79. The molecular weight excluding hydrogens is 236 g/mol. The number of pyridine rings is 2. The average molecular weight is 250 g/mol. The molecule has 0 bridgehead atoms. The fourth-order valence-corrected chi connectivity index (χ4v) is 2.09. The minimum atomic E-state index is -0.667. The standard InChI is InChI=1S/C16H14N2O/c1-11-4-5-14(10-18-11)16(19)13-7-6-12-3-2-8-17-15(12)9-13/h2-10,16,19H,1H3. The van der Waals surface area contributed by atoms with E-state index in [1.807, 2.05) is 49.4 Å². The number of hydrogen-bond donors (Lipinski definition) is 1. The SMILES string of the molecule is Cc1ccc(C(O)c2ccc3cccnc3c2)cn1. The third-order valence-electron chi connectivity index (χ3n) is 3.20. The maximum Gasteiger partial charge on any atom is 0.106 e. The molecule has 1 atom stereocenters. The van der Waals surface area contributed by atoms with Crippen LogP contribution in [0.5, 0.6) is 0 Å². The monoisotopic (exact) mass is 250 g/mol. The molecule has 94 valence electrons. The lowest BCUT2D eigenvalue weighted by Crippen LogP contribution is -2.00. The lowest BCUT2D eigenvalue weighted by Gasteiger charge is -2.11. The second kappa shape index (κ2) is 4.78. The number of aliphatic hydroxyl groups excluding tert-OH is 1. The van der Waals surface area contributed by atoms with Gasteiger partial charge in [0.1, 0.15) is 6.10 Å². The van der Waals surface area contributed by atoms with E-state index in [0.717, 1.165) is 27.7 Å². The van der Waals surface area contributed by atoms with Crippen LogP contribution < -0.4 is 0 Å². The second-order valence-electron chi connectivity index (χ2n) is 4.59. The summed E-state index contributed by atoms with van der Waals surface area (Å²) in [4.78, 5) is 8.52. The van der Waals surface area contributed by atoms with Crippen LogP contribution in [0.15, 0.2) is 54.9 Å². The van der Waals surface area contributed by atoms with E-state index in [1.54, 1.807) is 12.4 Å². The molecule has 3 aromatic rings. The van der Waals surface area contributed by atoms with Gasteiger partial charge in [0, 0.05) is 29.0 Å². The average Bonchev–Trinajstić information content (AvgIpc) is 2.47. The molecule has 3 nitrogen and oxygen atoms in total. The van der Waals surface area contributed by atoms with E-state index in [2.05, 4.69) is 9.97 Å². The third-order valence-corrected chi connectivity index (χ3v) is 3.20. The Hall–Kier alpha value is -2.26. The van der Waals surface area contributed by atoms with Gasteiger partial charge < -0.3 is 5.11 Å². The smallest absolute Gasteiger partial charge is 0.106 e. The second-order valence-corrected chi connectivity index (χ2v) is 4.59. The molecule has 2 aromatic heterocycles. The van der Waals surface area contributed by atoms with Crippen LogP contribution in [-0.2, 0) is 0 Å². The summed E-state index contributed by atoms with van der Waals surface area (Å²) in [7, 11) is 0. The highest BCUT2D eigenvalue weighted by Gasteiger charge is 2.11. The Kier molecular flexibility index (Phi) is 2.97. The molecule has 0 spiro atoms. The summed E-state index contributed by atoms with van der Waals surface area (Å²) in [5, 5.41) is 11.4. The van der Waals surface area contributed by atoms with Crippen LogP contribution in [0.25, 0.3) is 10.9 Å². The van der Waals surface area contributed by atoms with Gasteiger partial charge in [0.2, 0.25) is 0 Å². The molecule has 3 rings (SSSR count). The van der Waals surface area contributed by atoms with Gasteiger partial charge in [0.25, 0.3) is 0 Å². The van der Waals surface area contributed by atoms with E-state index in [4.69, 9.17) is 0 Å². The summed E-state index contributed by atoms with van der Waals surface area (Å²) >= 11 is 0. The highest BCUT2D eigenvalue weighted by Crippen LogP contribution is 2.24. The Balaban J connectivity index is 2.01. The van der Waals surface area contributed by atoms with Gasteiger partial charge in [-0.05, 0) is 30.7 Å². The number of benzene rings is 1. The van der Waals surface area contributed by atoms with E-state index >= 15 is 0 Å². The molecule has 1 N–H and O–H groups in total. The molecule has 2 heterocycles. The van der Waals surface area contributed by atoms with Crippen molar-refractivity contribution in [3.8, 4) is 0 Å². The summed E-state index contributed by atoms with van der Waals surface area (Å²) in [6.45, 7) is 1.93. The van der Waals surface area contributed by atoms with Crippen molar-refractivity contribution in [1.29, 1.82) is 0 Å². The third kappa shape index (κ3) is 2.33. The Labute approximate surface area is 111 Å². The van der Waals surface area contributed by atoms with Crippen LogP contribution in [0, 0.1) is 6.92 Å². The van der Waals surface area contributed by atoms with Crippen molar-refractivity contribution in [3.05, 3.63) is 71.7 Å². The summed E-state index contributed by atoms with van der Waals surface area (Å²) < 4.78 is 0. The molecule has 3 heteroatoms. The van der Waals surface area contributed by atoms with Gasteiger partial charge in [-0.1, -0.05) is 24.3 Å². The van der Waals surface area contributed by atoms with Gasteiger partial charge in [-0.25, -0.2) is 0 Å². The minimum absolute atomic E-state index is 0.667. The van der Waals surface area contributed by atoms with Crippen molar-refractivity contribution in [3.63, 3.8) is 0 Å². The quantitative estimate of drug-likeness (QED) is 0.760. The molecule has 1 unspecified atom stereocenters. The molecular formula is C16H14N2O. The van der Waals surface area contributed by atoms with Gasteiger partial charge >= 0.3 is 0 Å². The maximum absolute atomic E-state index is 10.4. The molecule has 0 aliphatic rings. The first kappa shape index (κ1) is 11.8. The zero-order chi connectivity index (χ0) is 13.2. The molecule has 0 aliphatic heterocycles. The van der Waals surface area contributed by atoms with Crippen LogP contribution >= 0.6 is 0 Å². The fraction of sp³-hybridized carbons (Fsp3) is 0.125. The van der Waals surface area contributed by atoms with Crippen LogP contribution in [0.4, 0.5) is 0 Å². The zero-order valence-electron chi connectivity index (χ0n) is 10.6. The Morgan fingerprint density at radius 2 is 1.84 bits per heavy atom. The topological polar surface area (TPSA) is 46.0 Å². The van der Waals surface area contributed by atoms with E-state index in [9.17, 15) is 5.11 Å². The molecule has 0 amide bonds. The van der Waals surface area contributed by atoms with Crippen LogP contribution in [0.3, 0.4) is 0 Å². The highest BCUT2D eigenvalue weighted by atomic mass is 16.3. The van der Waals surface area contributed by atoms with Crippen molar-refractivity contribution >= 4 is 10.9 Å². The largest absolute Gasteiger partial charge is 0.384 e. The van der Waals surface area contributed by atoms with E-state index < -0.39 is 6.10 Å². The summed E-state index contributed by atoms with van der Waals surface area (Å²) in [6.07, 6.45) is 2.80. The molecule has 0 aliphatic carbocycles. The molecule has 0 radical (unpaired) electrons. The predicted molar refractivity (Wildman–Crippen MR) is 74.8 cm³/mol. The summed E-state index contributed by atoms with van der Waals surface area (Å²) in [6, 6.07) is 13.5. The van der Waals surface area contributed by atoms with Crippen LogP contribution in [0.1, 0.15) is 22.9 Å². The van der Waals surface area contributed by atoms with Crippen molar-refractivity contribution in [2.75, 3.05) is 0 Å². The first-order valence-corrected chi connectivity index (χ1v) is 6.19. The summed E-state index contributed by atoms with van der Waals surface area (Å²) in [5.41, 5.74) is 3.45. The Bertz CT molecular complexity index is 707. The summed E-state index contributed by atoms with van der Waals surface area (Å²) in [5.74, 6) is 0. The van der Waals surface area contributed by atoms with Gasteiger partial charge in [-0.15, -0.1) is 0 Å². The number of nitrogens with zero attached hydrogens (tertiary/aromatic N) is 2. The van der Waals surface area contributed by atoms with Gasteiger partial charge in [-0.3, -0.25) is 9.97 Å². The van der Waals surface area contributed by atoms with E-state index in [0.29, 0.717) is 0 Å². The molecule has 19 heavy (non-hydrogen) atoms. The van der Waals surface area contributed by atoms with Crippen molar-refractivity contribution < 1.29 is 5.11 Å². The molecule has 0 saturated carbocycles. The lowest BCUT2D eigenvalue weighted by molar-refractivity contribution is 0.220. The van der Waals surface area contributed by atoms with Crippen molar-refractivity contribution in [2.24, 2.45) is 0 Å². The molecule has 1 aromatic carbocycles. The minimum Gasteiger partial charge on any atom is -0.384 e. The maximum atomic E-state index is 10.4. The molecule has 0 fully saturated rings. The van der Waals surface area contributed by atoms with E-state index in [1.165, 1.54) is 0 Å². The fourth-order valence-electron chi connectivity index (χ4n) is 2.09. The van der Waals surface area contributed by atoms with Crippen molar-refractivity contribution in [2.45, 2.75) is 13.0 Å². The molecule has 0 saturated heterocycles. The van der Waals surface area contributed by atoms with Gasteiger partial charge in [0.15, 0.2) is 0 Å². The van der Waals surface area contributed by atoms with Gasteiger partial charge in [0.05, 0.1) is 5.52 Å². The number of rotatable bonds is 2. The number of aromatic nitrogens is 2. The zero-order valence-corrected chi connectivity index (χ0v) is 10.6. The number of fused-ring (bicyclic) bond motifs is 1. The van der Waals surface area contributed by atoms with Crippen molar-refractivity contribution in [1.82, 2.24) is 9.97 Å². The Morgan fingerprint density at radius 1 is 1.00 bits per heavy atom. The normalized spacial score (nSPS) is 12.5.